The van der Waals surface area contributed by atoms with Gasteiger partial charge in [-0.1, -0.05) is 27.7 Å². The van der Waals surface area contributed by atoms with Crippen LogP contribution in [0.5, 0.6) is 5.75 Å². The summed E-state index contributed by atoms with van der Waals surface area (Å²) in [4.78, 5) is 18.1. The Morgan fingerprint density at radius 2 is 1.59 bits per heavy atom. The molecule has 63 heavy (non-hydrogen) atoms. The molecule has 0 spiro atoms. The number of aromatic hydroxyl groups is 1. The van der Waals surface area contributed by atoms with Gasteiger partial charge in [-0.05, 0) is 135 Å². The molecule has 0 bridgehead atoms. The van der Waals surface area contributed by atoms with Crippen molar-refractivity contribution in [3.05, 3.63) is 24.3 Å². The first kappa shape index (κ1) is 53.4. The number of rotatable bonds is 10. The van der Waals surface area contributed by atoms with Crippen LogP contribution in [0.15, 0.2) is 24.3 Å². The molecule has 3 aliphatic rings. The molecule has 4 rings (SSSR count). The average molecular weight is 911 g/mol. The number of phenolic OH excluding ortho intramolecular Hbond substituents is 1. The highest BCUT2D eigenvalue weighted by molar-refractivity contribution is 7.80. The summed E-state index contributed by atoms with van der Waals surface area (Å²) < 4.78 is 25.0. The first-order chi connectivity index (χ1) is 29.2. The van der Waals surface area contributed by atoms with Crippen LogP contribution in [0.1, 0.15) is 101 Å². The second-order valence-electron chi connectivity index (χ2n) is 20.3. The van der Waals surface area contributed by atoms with Gasteiger partial charge in [-0.2, -0.15) is 0 Å². The summed E-state index contributed by atoms with van der Waals surface area (Å²) in [6.45, 7) is 19.6. The van der Waals surface area contributed by atoms with Crippen LogP contribution in [-0.2, 0) is 23.7 Å². The number of nitrogens with zero attached hydrogens (tertiary/aromatic N) is 2. The lowest BCUT2D eigenvalue weighted by atomic mass is 9.63. The molecule has 15 nitrogen and oxygen atoms in total. The molecule has 16 heteroatoms. The van der Waals surface area contributed by atoms with Crippen molar-refractivity contribution in [2.24, 2.45) is 29.6 Å². The molecular weight excluding hydrogens is 829 g/mol. The second-order valence-corrected chi connectivity index (χ2v) is 20.7. The third kappa shape index (κ3) is 13.0. The van der Waals surface area contributed by atoms with E-state index < -0.39 is 83.4 Å². The molecular formula is C47H82N4O11S. The van der Waals surface area contributed by atoms with Gasteiger partial charge in [-0.25, -0.2) is 0 Å². The van der Waals surface area contributed by atoms with Gasteiger partial charge in [0.05, 0.1) is 47.6 Å². The smallest absolute Gasteiger partial charge is 0.309 e. The number of hydrogen-bond acceptors (Lipinski definition) is 14. The van der Waals surface area contributed by atoms with E-state index >= 15 is 0 Å². The number of methoxy groups -OCH3 is 1. The minimum atomic E-state index is -1.83. The SMILES string of the molecule is COC1(C)C[C@@H](C[C@H]2[C@H](C)[C@@H](C)[C@@H](C)C(=O)OC(C)C(C)(O)[C@H](O)[C@@H](C)N(CCNC(=S)Nc3ccc(O)cc3)C[C@@H](C)CC2(O)C[C@@H]2O[C@H](C)C[C@H](N(C)C)[C@@H]2O)O[C@@H](C)[C@H]1O. The zero-order valence-corrected chi connectivity index (χ0v) is 41.0. The Kier molecular flexibility index (Phi) is 18.7. The molecule has 8 N–H and O–H groups in total. The maximum atomic E-state index is 14.1. The van der Waals surface area contributed by atoms with E-state index in [-0.39, 0.29) is 48.5 Å². The van der Waals surface area contributed by atoms with E-state index in [1.54, 1.807) is 45.2 Å². The third-order valence-corrected chi connectivity index (χ3v) is 15.4. The average Bonchev–Trinajstić information content (AvgIpc) is 3.21. The van der Waals surface area contributed by atoms with Crippen LogP contribution < -0.4 is 10.6 Å². The van der Waals surface area contributed by atoms with Gasteiger partial charge in [0.15, 0.2) is 5.11 Å². The van der Waals surface area contributed by atoms with Gasteiger partial charge < -0.3 is 65.1 Å². The van der Waals surface area contributed by atoms with Gasteiger partial charge in [0, 0.05) is 57.4 Å². The van der Waals surface area contributed by atoms with Crippen LogP contribution in [0, 0.1) is 29.6 Å². The van der Waals surface area contributed by atoms with Crippen molar-refractivity contribution in [3.8, 4) is 5.75 Å². The van der Waals surface area contributed by atoms with Crippen molar-refractivity contribution in [1.29, 1.82) is 0 Å². The Morgan fingerprint density at radius 1 is 0.952 bits per heavy atom. The fourth-order valence-electron chi connectivity index (χ4n) is 10.6. The van der Waals surface area contributed by atoms with Gasteiger partial charge >= 0.3 is 5.97 Å². The zero-order valence-electron chi connectivity index (χ0n) is 40.2. The first-order valence-corrected chi connectivity index (χ1v) is 23.4. The van der Waals surface area contributed by atoms with E-state index in [0.29, 0.717) is 49.7 Å². The molecule has 0 radical (unpaired) electrons. The van der Waals surface area contributed by atoms with Gasteiger partial charge in [-0.15, -0.1) is 0 Å². The minimum Gasteiger partial charge on any atom is -0.508 e. The summed E-state index contributed by atoms with van der Waals surface area (Å²) >= 11 is 5.59. The standard InChI is InChI=1S/C47H82N4O11S/c1-26-22-47(58,24-39-40(53)38(50(11)12)20-27(2)60-39)37(21-36-23-45(9,59-13)42(55)32(7)61-36)29(4)28(3)30(5)43(56)62-33(8)46(10,57)41(54)31(6)51(25-26)19-18-48-44(63)49-34-14-16-35(52)17-15-34/h14-17,26-33,36-42,52-55,57-58H,18-25H2,1-13H3,(H2,48,49,63)/t26-,27+,28+,29+,30+,31+,32-,33?,36+,37-,38-,39-,40-,41+,42+,45?,46?,47?/m0/s1. The van der Waals surface area contributed by atoms with Crippen LogP contribution in [0.25, 0.3) is 0 Å². The van der Waals surface area contributed by atoms with Crippen molar-refractivity contribution in [3.63, 3.8) is 0 Å². The number of carbonyl (C=O) groups is 1. The predicted molar refractivity (Wildman–Crippen MR) is 247 cm³/mol. The Hall–Kier alpha value is -2.22. The Morgan fingerprint density at radius 3 is 2.19 bits per heavy atom. The fourth-order valence-corrected chi connectivity index (χ4v) is 10.8. The molecule has 4 unspecified atom stereocenters. The summed E-state index contributed by atoms with van der Waals surface area (Å²) in [7, 11) is 5.46. The quantitative estimate of drug-likeness (QED) is 0.0953. The fraction of sp³-hybridized carbons (Fsp3) is 0.830. The lowest BCUT2D eigenvalue weighted by Crippen LogP contribution is -2.60. The first-order valence-electron chi connectivity index (χ1n) is 23.0. The maximum absolute atomic E-state index is 14.1. The highest BCUT2D eigenvalue weighted by Crippen LogP contribution is 2.47. The largest absolute Gasteiger partial charge is 0.508 e. The summed E-state index contributed by atoms with van der Waals surface area (Å²) in [6.07, 6.45) is -4.37. The lowest BCUT2D eigenvalue weighted by Gasteiger charge is -2.51. The highest BCUT2D eigenvalue weighted by atomic mass is 32.1. The third-order valence-electron chi connectivity index (χ3n) is 15.2. The van der Waals surface area contributed by atoms with Crippen molar-refractivity contribution >= 4 is 29.0 Å². The van der Waals surface area contributed by atoms with Crippen molar-refractivity contribution < 1.29 is 54.4 Å². The number of thiocarbonyl (C=S) groups is 1. The highest BCUT2D eigenvalue weighted by Gasteiger charge is 2.53. The molecule has 3 heterocycles. The Balaban J connectivity index is 1.80. The number of ether oxygens (including phenoxy) is 4. The molecule has 1 aromatic carbocycles. The minimum absolute atomic E-state index is 0.100. The Labute approximate surface area is 382 Å². The molecule has 0 saturated carbocycles. The number of aliphatic hydroxyl groups is 5. The normalized spacial score (nSPS) is 42.8. The maximum Gasteiger partial charge on any atom is 0.309 e. The summed E-state index contributed by atoms with van der Waals surface area (Å²) in [5.74, 6) is -2.47. The zero-order chi connectivity index (χ0) is 47.4. The number of phenols is 1. The van der Waals surface area contributed by atoms with E-state index in [1.807, 2.05) is 65.4 Å². The van der Waals surface area contributed by atoms with Crippen LogP contribution in [0.2, 0.25) is 0 Å². The molecule has 0 aromatic heterocycles. The molecule has 18 atom stereocenters. The number of aliphatic hydroxyl groups excluding tert-OH is 3. The van der Waals surface area contributed by atoms with E-state index in [2.05, 4.69) is 17.6 Å². The molecule has 3 fully saturated rings. The number of anilines is 1. The number of cyclic esters (lactones) is 1. The summed E-state index contributed by atoms with van der Waals surface area (Å²) in [5.41, 5.74) is -3.54. The van der Waals surface area contributed by atoms with Gasteiger partial charge in [0.1, 0.15) is 29.7 Å². The monoisotopic (exact) mass is 911 g/mol. The number of hydrogen-bond donors (Lipinski definition) is 8. The van der Waals surface area contributed by atoms with Gasteiger partial charge in [-0.3, -0.25) is 9.69 Å². The van der Waals surface area contributed by atoms with Gasteiger partial charge in [0.2, 0.25) is 0 Å². The van der Waals surface area contributed by atoms with Crippen LogP contribution in [0.3, 0.4) is 0 Å². The molecule has 3 aliphatic heterocycles. The van der Waals surface area contributed by atoms with Crippen LogP contribution >= 0.6 is 12.2 Å². The summed E-state index contributed by atoms with van der Waals surface area (Å²) in [6, 6.07) is 5.67. The van der Waals surface area contributed by atoms with Crippen molar-refractivity contribution in [1.82, 2.24) is 15.1 Å². The van der Waals surface area contributed by atoms with E-state index in [4.69, 9.17) is 31.2 Å². The van der Waals surface area contributed by atoms with Crippen molar-refractivity contribution in [2.45, 2.75) is 179 Å². The van der Waals surface area contributed by atoms with E-state index in [1.165, 1.54) is 6.92 Å². The second kappa shape index (κ2) is 22.1. The molecule has 362 valence electrons. The predicted octanol–water partition coefficient (Wildman–Crippen LogP) is 3.90. The molecule has 0 amide bonds. The number of carbonyl (C=O) groups excluding carboxylic acids is 1. The number of likely N-dealkylation sites (N-methyl/N-ethyl adjacent to an activating group) is 1. The van der Waals surface area contributed by atoms with Crippen molar-refractivity contribution in [2.75, 3.05) is 46.2 Å². The number of benzene rings is 1. The Bertz CT molecular complexity index is 1630. The van der Waals surface area contributed by atoms with E-state index in [9.17, 15) is 35.4 Å². The van der Waals surface area contributed by atoms with Crippen LogP contribution in [0.4, 0.5) is 5.69 Å². The number of nitrogens with one attached hydrogen (secondary N) is 2. The molecule has 1 aromatic rings. The van der Waals surface area contributed by atoms with Crippen LogP contribution in [-0.4, -0.2) is 170 Å². The van der Waals surface area contributed by atoms with Gasteiger partial charge in [0.25, 0.3) is 0 Å². The number of esters is 1. The summed E-state index contributed by atoms with van der Waals surface area (Å²) in [5, 5.41) is 77.1. The molecule has 3 saturated heterocycles. The molecule has 0 aliphatic carbocycles. The van der Waals surface area contributed by atoms with E-state index in [0.717, 1.165) is 0 Å². The topological polar surface area (TPSA) is 206 Å². The lowest BCUT2D eigenvalue weighted by molar-refractivity contribution is -0.226.